The summed E-state index contributed by atoms with van der Waals surface area (Å²) in [6.45, 7) is 3.48. The lowest BCUT2D eigenvalue weighted by atomic mass is 10.1. The van der Waals surface area contributed by atoms with Crippen LogP contribution in [0.4, 0.5) is 4.39 Å². The van der Waals surface area contributed by atoms with Crippen LogP contribution >= 0.6 is 0 Å². The van der Waals surface area contributed by atoms with Crippen LogP contribution in [0.15, 0.2) is 36.7 Å². The van der Waals surface area contributed by atoms with Gasteiger partial charge in [-0.3, -0.25) is 4.98 Å². The molecule has 0 saturated heterocycles. The van der Waals surface area contributed by atoms with Crippen LogP contribution in [0.25, 0.3) is 0 Å². The minimum atomic E-state index is -0.299. The molecule has 0 aliphatic rings. The average Bonchev–Trinajstić information content (AvgIpc) is 2.34. The first-order valence-electron chi connectivity index (χ1n) is 5.71. The molecule has 18 heavy (non-hydrogen) atoms. The van der Waals surface area contributed by atoms with E-state index in [1.54, 1.807) is 44.4 Å². The molecule has 1 aromatic heterocycles. The molecular weight excluding hydrogens is 231 g/mol. The van der Waals surface area contributed by atoms with E-state index in [4.69, 9.17) is 10.5 Å². The number of pyridine rings is 1. The van der Waals surface area contributed by atoms with Crippen LogP contribution in [0.5, 0.6) is 11.5 Å². The van der Waals surface area contributed by atoms with E-state index < -0.39 is 0 Å². The van der Waals surface area contributed by atoms with Crippen molar-refractivity contribution in [2.75, 3.05) is 0 Å². The summed E-state index contributed by atoms with van der Waals surface area (Å²) in [5, 5.41) is 0. The van der Waals surface area contributed by atoms with Gasteiger partial charge in [0.25, 0.3) is 0 Å². The zero-order valence-corrected chi connectivity index (χ0v) is 10.4. The van der Waals surface area contributed by atoms with Crippen LogP contribution in [0.3, 0.4) is 0 Å². The number of hydrogen-bond acceptors (Lipinski definition) is 3. The molecule has 1 aromatic carbocycles. The first-order valence-corrected chi connectivity index (χ1v) is 5.71. The van der Waals surface area contributed by atoms with Gasteiger partial charge in [0.15, 0.2) is 0 Å². The van der Waals surface area contributed by atoms with Crippen LogP contribution in [0.2, 0.25) is 0 Å². The lowest BCUT2D eigenvalue weighted by molar-refractivity contribution is 0.466. The third-order valence-electron chi connectivity index (χ3n) is 2.64. The summed E-state index contributed by atoms with van der Waals surface area (Å²) in [5.74, 6) is 0.892. The summed E-state index contributed by atoms with van der Waals surface area (Å²) >= 11 is 0. The predicted octanol–water partition coefficient (Wildman–Crippen LogP) is 3.34. The molecule has 0 amide bonds. The number of nitrogens with zero attached hydrogens (tertiary/aromatic N) is 1. The first-order chi connectivity index (χ1) is 8.58. The Kier molecular flexibility index (Phi) is 3.58. The maximum atomic E-state index is 13.5. The van der Waals surface area contributed by atoms with Gasteiger partial charge in [0.1, 0.15) is 17.3 Å². The SMILES string of the molecule is Cc1cc(Oc2cccnc2)c([C@H](C)N)cc1F. The summed E-state index contributed by atoms with van der Waals surface area (Å²) in [6.07, 6.45) is 3.26. The average molecular weight is 246 g/mol. The maximum Gasteiger partial charge on any atom is 0.145 e. The summed E-state index contributed by atoms with van der Waals surface area (Å²) in [6, 6.07) is 6.34. The molecule has 1 atom stereocenters. The van der Waals surface area contributed by atoms with E-state index in [0.29, 0.717) is 22.6 Å². The summed E-state index contributed by atoms with van der Waals surface area (Å²) in [4.78, 5) is 3.97. The molecule has 0 saturated carbocycles. The van der Waals surface area contributed by atoms with Gasteiger partial charge in [-0.2, -0.15) is 0 Å². The lowest BCUT2D eigenvalue weighted by Gasteiger charge is -2.15. The largest absolute Gasteiger partial charge is 0.455 e. The van der Waals surface area contributed by atoms with Gasteiger partial charge in [-0.05, 0) is 43.7 Å². The fourth-order valence-electron chi connectivity index (χ4n) is 1.65. The van der Waals surface area contributed by atoms with E-state index in [1.807, 2.05) is 0 Å². The number of benzene rings is 1. The van der Waals surface area contributed by atoms with E-state index in [1.165, 1.54) is 6.07 Å². The van der Waals surface area contributed by atoms with Gasteiger partial charge >= 0.3 is 0 Å². The minimum Gasteiger partial charge on any atom is -0.455 e. The van der Waals surface area contributed by atoms with E-state index >= 15 is 0 Å². The van der Waals surface area contributed by atoms with E-state index in [2.05, 4.69) is 4.98 Å². The molecule has 0 bridgehead atoms. The standard InChI is InChI=1S/C14H15FN2O/c1-9-6-14(12(10(2)16)7-13(9)15)18-11-4-3-5-17-8-11/h3-8,10H,16H2,1-2H3/t10-/m0/s1. The topological polar surface area (TPSA) is 48.1 Å². The smallest absolute Gasteiger partial charge is 0.145 e. The van der Waals surface area contributed by atoms with Gasteiger partial charge in [0, 0.05) is 17.8 Å². The van der Waals surface area contributed by atoms with Crippen LogP contribution in [0, 0.1) is 12.7 Å². The van der Waals surface area contributed by atoms with Crippen molar-refractivity contribution in [3.05, 3.63) is 53.6 Å². The number of rotatable bonds is 3. The molecule has 0 radical (unpaired) electrons. The Morgan fingerprint density at radius 3 is 2.78 bits per heavy atom. The Morgan fingerprint density at radius 1 is 1.39 bits per heavy atom. The fraction of sp³-hybridized carbons (Fsp3) is 0.214. The summed E-state index contributed by atoms with van der Waals surface area (Å²) in [5.41, 5.74) is 6.99. The zero-order valence-electron chi connectivity index (χ0n) is 10.4. The number of aromatic nitrogens is 1. The van der Waals surface area contributed by atoms with Crippen LogP contribution in [-0.4, -0.2) is 4.98 Å². The van der Waals surface area contributed by atoms with Crippen LogP contribution in [-0.2, 0) is 0 Å². The molecule has 0 spiro atoms. The van der Waals surface area contributed by atoms with Crippen molar-refractivity contribution in [2.45, 2.75) is 19.9 Å². The quantitative estimate of drug-likeness (QED) is 0.903. The highest BCUT2D eigenvalue weighted by atomic mass is 19.1. The van der Waals surface area contributed by atoms with Crippen LogP contribution in [0.1, 0.15) is 24.1 Å². The lowest BCUT2D eigenvalue weighted by Crippen LogP contribution is -2.08. The molecule has 2 aromatic rings. The zero-order chi connectivity index (χ0) is 13.1. The van der Waals surface area contributed by atoms with Gasteiger partial charge in [0.05, 0.1) is 6.20 Å². The van der Waals surface area contributed by atoms with E-state index in [-0.39, 0.29) is 11.9 Å². The van der Waals surface area contributed by atoms with E-state index in [0.717, 1.165) is 0 Å². The maximum absolute atomic E-state index is 13.5. The Labute approximate surface area is 105 Å². The number of halogens is 1. The molecule has 0 aliphatic carbocycles. The predicted molar refractivity (Wildman–Crippen MR) is 68.1 cm³/mol. The van der Waals surface area contributed by atoms with Gasteiger partial charge in [-0.25, -0.2) is 4.39 Å². The summed E-state index contributed by atoms with van der Waals surface area (Å²) < 4.78 is 19.2. The number of nitrogens with two attached hydrogens (primary N) is 1. The van der Waals surface area contributed by atoms with Crippen LogP contribution < -0.4 is 10.5 Å². The minimum absolute atomic E-state index is 0.277. The Morgan fingerprint density at radius 2 is 2.17 bits per heavy atom. The van der Waals surface area contributed by atoms with Gasteiger partial charge in [0.2, 0.25) is 0 Å². The molecule has 4 heteroatoms. The Balaban J connectivity index is 2.40. The Bertz CT molecular complexity index is 541. The number of hydrogen-bond donors (Lipinski definition) is 1. The molecule has 2 rings (SSSR count). The first kappa shape index (κ1) is 12.5. The second-order valence-corrected chi connectivity index (χ2v) is 4.22. The number of ether oxygens (including phenoxy) is 1. The van der Waals surface area contributed by atoms with Crippen molar-refractivity contribution in [2.24, 2.45) is 5.73 Å². The molecule has 1 heterocycles. The highest BCUT2D eigenvalue weighted by Crippen LogP contribution is 2.30. The van der Waals surface area contributed by atoms with Crippen molar-refractivity contribution < 1.29 is 9.13 Å². The molecule has 0 unspecified atom stereocenters. The van der Waals surface area contributed by atoms with Crippen molar-refractivity contribution in [1.29, 1.82) is 0 Å². The van der Waals surface area contributed by atoms with Gasteiger partial charge < -0.3 is 10.5 Å². The normalized spacial score (nSPS) is 12.2. The molecule has 2 N–H and O–H groups in total. The third kappa shape index (κ3) is 2.65. The molecular formula is C14H15FN2O. The molecule has 94 valence electrons. The second-order valence-electron chi connectivity index (χ2n) is 4.22. The van der Waals surface area contributed by atoms with Crippen molar-refractivity contribution in [1.82, 2.24) is 4.98 Å². The monoisotopic (exact) mass is 246 g/mol. The third-order valence-corrected chi connectivity index (χ3v) is 2.64. The van der Waals surface area contributed by atoms with Gasteiger partial charge in [-0.15, -0.1) is 0 Å². The van der Waals surface area contributed by atoms with Gasteiger partial charge in [-0.1, -0.05) is 0 Å². The molecule has 0 fully saturated rings. The second kappa shape index (κ2) is 5.14. The fourth-order valence-corrected chi connectivity index (χ4v) is 1.65. The highest BCUT2D eigenvalue weighted by molar-refractivity contribution is 5.42. The highest BCUT2D eigenvalue weighted by Gasteiger charge is 2.12. The Hall–Kier alpha value is -1.94. The van der Waals surface area contributed by atoms with Crippen molar-refractivity contribution in [3.8, 4) is 11.5 Å². The van der Waals surface area contributed by atoms with Crippen molar-refractivity contribution in [3.63, 3.8) is 0 Å². The van der Waals surface area contributed by atoms with Crippen molar-refractivity contribution >= 4 is 0 Å². The summed E-state index contributed by atoms with van der Waals surface area (Å²) in [7, 11) is 0. The number of aryl methyl sites for hydroxylation is 1. The van der Waals surface area contributed by atoms with E-state index in [9.17, 15) is 4.39 Å². The molecule has 3 nitrogen and oxygen atoms in total. The molecule has 0 aliphatic heterocycles.